The van der Waals surface area contributed by atoms with Gasteiger partial charge in [0.15, 0.2) is 15.5 Å². The molecule has 1 aromatic carbocycles. The molecule has 0 radical (unpaired) electrons. The minimum atomic E-state index is -3.49. The molecule has 0 bridgehead atoms. The fraction of sp³-hybridized carbons (Fsp3) is 0.500. The maximum atomic E-state index is 12.7. The van der Waals surface area contributed by atoms with Crippen molar-refractivity contribution < 1.29 is 13.2 Å². The van der Waals surface area contributed by atoms with Crippen molar-refractivity contribution in [1.29, 1.82) is 0 Å². The number of carbonyl (C=O) groups is 1. The quantitative estimate of drug-likeness (QED) is 0.729. The predicted octanol–water partition coefficient (Wildman–Crippen LogP) is 2.23. The maximum absolute atomic E-state index is 12.7. The number of aromatic nitrogens is 2. The van der Waals surface area contributed by atoms with Gasteiger partial charge in [-0.1, -0.05) is 38.5 Å². The Morgan fingerprint density at radius 1 is 1.25 bits per heavy atom. The number of rotatable bonds is 8. The molecule has 1 aliphatic rings. The minimum absolute atomic E-state index is 0.201. The highest BCUT2D eigenvalue weighted by Gasteiger charge is 2.34. The zero-order valence-corrected chi connectivity index (χ0v) is 17.6. The minimum Gasteiger partial charge on any atom is -0.349 e. The van der Waals surface area contributed by atoms with Gasteiger partial charge in [0.25, 0.3) is 5.91 Å². The van der Waals surface area contributed by atoms with E-state index in [0.29, 0.717) is 28.3 Å². The maximum Gasteiger partial charge on any atom is 0.272 e. The normalized spacial score (nSPS) is 14.6. The number of benzene rings is 1. The molecule has 2 heterocycles. The standard InChI is InChI=1S/C20H28N4O3S/c1-4-6-12-24(5-2)13-11-21-20(25)18-16-14-28(26,27)17-10-8-7-9-15(17)19(16)23(3)22-18/h7-10H,4-6,11-14H2,1-3H3,(H,21,25). The number of aryl methyl sites for hydroxylation is 1. The molecule has 2 aromatic rings. The van der Waals surface area contributed by atoms with Gasteiger partial charge in [0.05, 0.1) is 16.3 Å². The number of likely N-dealkylation sites (N-methyl/N-ethyl adjacent to an activating group) is 1. The second-order valence-corrected chi connectivity index (χ2v) is 9.06. The third-order valence-corrected chi connectivity index (χ3v) is 6.86. The van der Waals surface area contributed by atoms with E-state index in [1.807, 2.05) is 0 Å². The number of fused-ring (bicyclic) bond motifs is 3. The number of sulfone groups is 1. The fourth-order valence-corrected chi connectivity index (χ4v) is 5.24. The van der Waals surface area contributed by atoms with Crippen LogP contribution in [-0.4, -0.2) is 55.2 Å². The molecule has 28 heavy (non-hydrogen) atoms. The number of amides is 1. The highest BCUT2D eigenvalue weighted by atomic mass is 32.2. The summed E-state index contributed by atoms with van der Waals surface area (Å²) in [5, 5.41) is 7.25. The monoisotopic (exact) mass is 404 g/mol. The molecule has 1 aromatic heterocycles. The summed E-state index contributed by atoms with van der Waals surface area (Å²) in [4.78, 5) is 15.3. The molecule has 0 aliphatic carbocycles. The van der Waals surface area contributed by atoms with E-state index in [1.54, 1.807) is 36.0 Å². The summed E-state index contributed by atoms with van der Waals surface area (Å²) in [6, 6.07) is 6.88. The van der Waals surface area contributed by atoms with Crippen LogP contribution in [0.2, 0.25) is 0 Å². The Balaban J connectivity index is 1.80. The van der Waals surface area contributed by atoms with E-state index < -0.39 is 9.84 Å². The predicted molar refractivity (Wildman–Crippen MR) is 109 cm³/mol. The van der Waals surface area contributed by atoms with Gasteiger partial charge < -0.3 is 10.2 Å². The third-order valence-electron chi connectivity index (χ3n) is 5.16. The molecular weight excluding hydrogens is 376 g/mol. The highest BCUT2D eigenvalue weighted by Crippen LogP contribution is 2.38. The fourth-order valence-electron chi connectivity index (χ4n) is 3.65. The first-order valence-corrected chi connectivity index (χ1v) is 11.4. The summed E-state index contributed by atoms with van der Waals surface area (Å²) in [7, 11) is -1.74. The SMILES string of the molecule is CCCCN(CC)CCNC(=O)c1nn(C)c2c1CS(=O)(=O)c1ccccc1-2. The van der Waals surface area contributed by atoms with Gasteiger partial charge in [0, 0.05) is 31.3 Å². The molecular formula is C20H28N4O3S. The molecule has 0 spiro atoms. The number of nitrogens with one attached hydrogen (secondary N) is 1. The average Bonchev–Trinajstić information content (AvgIpc) is 3.00. The van der Waals surface area contributed by atoms with Gasteiger partial charge >= 0.3 is 0 Å². The summed E-state index contributed by atoms with van der Waals surface area (Å²) >= 11 is 0. The molecule has 0 unspecified atom stereocenters. The second-order valence-electron chi connectivity index (χ2n) is 7.10. The van der Waals surface area contributed by atoms with Crippen molar-refractivity contribution in [2.24, 2.45) is 7.05 Å². The Hall–Kier alpha value is -2.19. The van der Waals surface area contributed by atoms with Gasteiger partial charge in [-0.2, -0.15) is 5.10 Å². The summed E-state index contributed by atoms with van der Waals surface area (Å²) in [6.07, 6.45) is 2.27. The van der Waals surface area contributed by atoms with Crippen LogP contribution in [0.25, 0.3) is 11.3 Å². The highest BCUT2D eigenvalue weighted by molar-refractivity contribution is 7.90. The summed E-state index contributed by atoms with van der Waals surface area (Å²) < 4.78 is 27.0. The van der Waals surface area contributed by atoms with Crippen molar-refractivity contribution in [3.8, 4) is 11.3 Å². The van der Waals surface area contributed by atoms with Crippen LogP contribution in [0.4, 0.5) is 0 Å². The Morgan fingerprint density at radius 2 is 2.00 bits per heavy atom. The number of unbranched alkanes of at least 4 members (excludes halogenated alkanes) is 1. The van der Waals surface area contributed by atoms with Gasteiger partial charge in [0.1, 0.15) is 0 Å². The number of carbonyl (C=O) groups excluding carboxylic acids is 1. The molecule has 0 saturated heterocycles. The van der Waals surface area contributed by atoms with Crippen molar-refractivity contribution in [3.05, 3.63) is 35.5 Å². The Kier molecular flexibility index (Phi) is 6.20. The molecule has 0 atom stereocenters. The van der Waals surface area contributed by atoms with Gasteiger partial charge in [-0.3, -0.25) is 9.48 Å². The molecule has 1 aliphatic heterocycles. The summed E-state index contributed by atoms with van der Waals surface area (Å²) in [5.41, 5.74) is 1.99. The number of hydrogen-bond donors (Lipinski definition) is 1. The lowest BCUT2D eigenvalue weighted by atomic mass is 10.1. The van der Waals surface area contributed by atoms with E-state index in [4.69, 9.17) is 0 Å². The lowest BCUT2D eigenvalue weighted by Gasteiger charge is -2.20. The van der Waals surface area contributed by atoms with E-state index in [1.165, 1.54) is 0 Å². The van der Waals surface area contributed by atoms with Crippen LogP contribution < -0.4 is 5.32 Å². The lowest BCUT2D eigenvalue weighted by molar-refractivity contribution is 0.0942. The van der Waals surface area contributed by atoms with E-state index in [0.717, 1.165) is 32.5 Å². The van der Waals surface area contributed by atoms with Crippen LogP contribution in [0.5, 0.6) is 0 Å². The molecule has 1 amide bonds. The molecule has 0 fully saturated rings. The first-order chi connectivity index (χ1) is 13.4. The topological polar surface area (TPSA) is 84.3 Å². The molecule has 3 rings (SSSR count). The van der Waals surface area contributed by atoms with E-state index in [-0.39, 0.29) is 17.4 Å². The van der Waals surface area contributed by atoms with Crippen LogP contribution >= 0.6 is 0 Å². The van der Waals surface area contributed by atoms with Crippen LogP contribution in [0.15, 0.2) is 29.2 Å². The molecule has 1 N–H and O–H groups in total. The van der Waals surface area contributed by atoms with Crippen LogP contribution in [0.1, 0.15) is 42.7 Å². The number of hydrogen-bond acceptors (Lipinski definition) is 5. The van der Waals surface area contributed by atoms with Crippen molar-refractivity contribution in [2.45, 2.75) is 37.3 Å². The van der Waals surface area contributed by atoms with Gasteiger partial charge in [-0.05, 0) is 25.6 Å². The van der Waals surface area contributed by atoms with Crippen LogP contribution in [0, 0.1) is 0 Å². The largest absolute Gasteiger partial charge is 0.349 e. The van der Waals surface area contributed by atoms with E-state index in [2.05, 4.69) is 29.2 Å². The molecule has 7 nitrogen and oxygen atoms in total. The summed E-state index contributed by atoms with van der Waals surface area (Å²) in [6.45, 7) is 7.48. The smallest absolute Gasteiger partial charge is 0.272 e. The van der Waals surface area contributed by atoms with Crippen molar-refractivity contribution >= 4 is 15.7 Å². The van der Waals surface area contributed by atoms with Gasteiger partial charge in [0.2, 0.25) is 0 Å². The van der Waals surface area contributed by atoms with Crippen LogP contribution in [-0.2, 0) is 22.6 Å². The Morgan fingerprint density at radius 3 is 2.71 bits per heavy atom. The molecule has 8 heteroatoms. The Bertz CT molecular complexity index is 966. The van der Waals surface area contributed by atoms with Crippen LogP contribution in [0.3, 0.4) is 0 Å². The zero-order chi connectivity index (χ0) is 20.3. The first kappa shape index (κ1) is 20.5. The molecule has 152 valence electrons. The number of nitrogens with zero attached hydrogens (tertiary/aromatic N) is 3. The average molecular weight is 405 g/mol. The summed E-state index contributed by atoms with van der Waals surface area (Å²) in [5.74, 6) is -0.522. The molecule has 0 saturated carbocycles. The van der Waals surface area contributed by atoms with Gasteiger partial charge in [-0.15, -0.1) is 0 Å². The van der Waals surface area contributed by atoms with Crippen molar-refractivity contribution in [3.63, 3.8) is 0 Å². The zero-order valence-electron chi connectivity index (χ0n) is 16.7. The third kappa shape index (κ3) is 3.98. The van der Waals surface area contributed by atoms with E-state index in [9.17, 15) is 13.2 Å². The second kappa shape index (κ2) is 8.45. The van der Waals surface area contributed by atoms with Crippen molar-refractivity contribution in [2.75, 3.05) is 26.2 Å². The van der Waals surface area contributed by atoms with Crippen molar-refractivity contribution in [1.82, 2.24) is 20.0 Å². The lowest BCUT2D eigenvalue weighted by Crippen LogP contribution is -2.36. The Labute approximate surface area is 166 Å². The van der Waals surface area contributed by atoms with Gasteiger partial charge in [-0.25, -0.2) is 8.42 Å². The first-order valence-electron chi connectivity index (χ1n) is 9.77. The van der Waals surface area contributed by atoms with E-state index >= 15 is 0 Å².